The number of hydrogen-bond acceptors (Lipinski definition) is 3. The van der Waals surface area contributed by atoms with Gasteiger partial charge in [-0.25, -0.2) is 4.79 Å². The summed E-state index contributed by atoms with van der Waals surface area (Å²) in [6.45, 7) is 0.549. The van der Waals surface area contributed by atoms with Gasteiger partial charge in [0.05, 0.1) is 5.02 Å². The quantitative estimate of drug-likeness (QED) is 0.727. The van der Waals surface area contributed by atoms with Crippen molar-refractivity contribution >= 4 is 52.0 Å². The zero-order valence-electron chi connectivity index (χ0n) is 14.2. The summed E-state index contributed by atoms with van der Waals surface area (Å²) in [5.41, 5.74) is 3.32. The van der Waals surface area contributed by atoms with E-state index >= 15 is 0 Å². The van der Waals surface area contributed by atoms with E-state index in [0.29, 0.717) is 45.4 Å². The smallest absolute Gasteiger partial charge is 0.326 e. The van der Waals surface area contributed by atoms with E-state index in [4.69, 9.17) is 23.2 Å². The number of para-hydroxylation sites is 1. The Bertz CT molecular complexity index is 973. The highest BCUT2D eigenvalue weighted by Gasteiger charge is 2.36. The number of nitrogens with one attached hydrogen (secondary N) is 1. The minimum absolute atomic E-state index is 0.112. The Hall–Kier alpha value is -2.50. The van der Waals surface area contributed by atoms with Crippen molar-refractivity contribution in [2.75, 3.05) is 16.8 Å². The summed E-state index contributed by atoms with van der Waals surface area (Å²) in [4.78, 5) is 26.4. The number of halogens is 2. The lowest BCUT2D eigenvalue weighted by Crippen LogP contribution is -2.33. The molecule has 0 aromatic heterocycles. The first-order chi connectivity index (χ1) is 13.0. The molecule has 0 saturated carbocycles. The second-order valence-corrected chi connectivity index (χ2v) is 7.39. The molecular weight excluding hydrogens is 387 g/mol. The first-order valence-electron chi connectivity index (χ1n) is 8.53. The van der Waals surface area contributed by atoms with Gasteiger partial charge in [0.25, 0.3) is 5.91 Å². The van der Waals surface area contributed by atoms with Gasteiger partial charge < -0.3 is 15.3 Å². The molecule has 0 radical (unpaired) electrons. The van der Waals surface area contributed by atoms with Crippen molar-refractivity contribution in [2.24, 2.45) is 0 Å². The number of amides is 1. The molecule has 138 valence electrons. The Morgan fingerprint density at radius 1 is 1.15 bits per heavy atom. The summed E-state index contributed by atoms with van der Waals surface area (Å²) < 4.78 is 0. The molecule has 0 aliphatic carbocycles. The first kappa shape index (κ1) is 17.9. The van der Waals surface area contributed by atoms with Crippen LogP contribution in [0.15, 0.2) is 48.0 Å². The van der Waals surface area contributed by atoms with Crippen LogP contribution in [0.3, 0.4) is 0 Å². The van der Waals surface area contributed by atoms with Gasteiger partial charge in [0.15, 0.2) is 0 Å². The third kappa shape index (κ3) is 3.17. The van der Waals surface area contributed by atoms with Gasteiger partial charge in [0.1, 0.15) is 6.04 Å². The van der Waals surface area contributed by atoms with Crippen LogP contribution < -0.4 is 10.2 Å². The molecule has 27 heavy (non-hydrogen) atoms. The van der Waals surface area contributed by atoms with Crippen LogP contribution in [-0.2, 0) is 9.59 Å². The van der Waals surface area contributed by atoms with Crippen molar-refractivity contribution in [3.8, 4) is 0 Å². The predicted octanol–water partition coefficient (Wildman–Crippen LogP) is 4.45. The Labute approximate surface area is 166 Å². The maximum atomic E-state index is 13.1. The van der Waals surface area contributed by atoms with Gasteiger partial charge in [0.2, 0.25) is 0 Å². The number of benzene rings is 2. The minimum Gasteiger partial charge on any atom is -0.480 e. The molecular formula is C20H16Cl2N2O3. The molecule has 2 aromatic rings. The normalized spacial score (nSPS) is 21.8. The number of fused-ring (bicyclic) bond motifs is 1. The van der Waals surface area contributed by atoms with Crippen LogP contribution in [0.25, 0.3) is 5.57 Å². The van der Waals surface area contributed by atoms with E-state index in [1.54, 1.807) is 17.0 Å². The summed E-state index contributed by atoms with van der Waals surface area (Å²) in [6.07, 6.45) is 0.723. The zero-order chi connectivity index (χ0) is 19.1. The number of anilines is 2. The van der Waals surface area contributed by atoms with E-state index in [1.165, 1.54) is 0 Å². The van der Waals surface area contributed by atoms with Crippen molar-refractivity contribution in [3.63, 3.8) is 0 Å². The van der Waals surface area contributed by atoms with E-state index < -0.39 is 12.0 Å². The highest BCUT2D eigenvalue weighted by molar-refractivity contribution is 6.37. The molecule has 2 aliphatic rings. The van der Waals surface area contributed by atoms with E-state index in [2.05, 4.69) is 5.32 Å². The number of aliphatic carboxylic acids is 1. The van der Waals surface area contributed by atoms with Crippen molar-refractivity contribution in [1.29, 1.82) is 0 Å². The maximum Gasteiger partial charge on any atom is 0.326 e. The number of carboxylic acid groups (broad SMARTS) is 1. The number of carboxylic acids is 1. The van der Waals surface area contributed by atoms with Crippen molar-refractivity contribution in [1.82, 2.24) is 0 Å². The van der Waals surface area contributed by atoms with E-state index in [0.717, 1.165) is 5.69 Å². The molecule has 2 N–H and O–H groups in total. The molecule has 2 aromatic carbocycles. The molecule has 0 bridgehead atoms. The molecule has 1 unspecified atom stereocenters. The highest BCUT2D eigenvalue weighted by Crippen LogP contribution is 2.44. The average molecular weight is 403 g/mol. The average Bonchev–Trinajstić information content (AvgIpc) is 3.02. The second kappa shape index (κ2) is 6.91. The highest BCUT2D eigenvalue weighted by atomic mass is 35.5. The molecule has 2 aliphatic heterocycles. The van der Waals surface area contributed by atoms with Gasteiger partial charge in [-0.15, -0.1) is 0 Å². The maximum absolute atomic E-state index is 13.1. The van der Waals surface area contributed by atoms with Crippen molar-refractivity contribution in [3.05, 3.63) is 63.6 Å². The number of rotatable bonds is 2. The summed E-state index contributed by atoms with van der Waals surface area (Å²) >= 11 is 12.5. The van der Waals surface area contributed by atoms with E-state index in [-0.39, 0.29) is 12.3 Å². The largest absolute Gasteiger partial charge is 0.480 e. The number of nitrogens with zero attached hydrogens (tertiary/aromatic N) is 1. The van der Waals surface area contributed by atoms with Gasteiger partial charge in [-0.1, -0.05) is 41.4 Å². The van der Waals surface area contributed by atoms with Crippen LogP contribution in [0.1, 0.15) is 18.4 Å². The fraction of sp³-hybridized carbons (Fsp3) is 0.200. The Balaban J connectivity index is 1.83. The van der Waals surface area contributed by atoms with Crippen molar-refractivity contribution in [2.45, 2.75) is 18.9 Å². The first-order valence-corrected chi connectivity index (χ1v) is 9.29. The van der Waals surface area contributed by atoms with Crippen molar-refractivity contribution < 1.29 is 14.7 Å². The lowest BCUT2D eigenvalue weighted by atomic mass is 9.88. The molecule has 1 fully saturated rings. The van der Waals surface area contributed by atoms with Crippen LogP contribution in [0, 0.1) is 0 Å². The lowest BCUT2D eigenvalue weighted by molar-refractivity contribution is -0.137. The SMILES string of the molecule is O=C(O)C1CC(=C2CCN(c3ccccc3)C2=O)c2c(Cl)cc(Cl)cc2N1. The van der Waals surface area contributed by atoms with E-state index in [1.807, 2.05) is 30.3 Å². The van der Waals surface area contributed by atoms with Gasteiger partial charge in [-0.2, -0.15) is 0 Å². The predicted molar refractivity (Wildman–Crippen MR) is 106 cm³/mol. The molecule has 5 nitrogen and oxygen atoms in total. The third-order valence-electron chi connectivity index (χ3n) is 4.91. The zero-order valence-corrected chi connectivity index (χ0v) is 15.7. The summed E-state index contributed by atoms with van der Waals surface area (Å²) in [6, 6.07) is 11.8. The van der Waals surface area contributed by atoms with Gasteiger partial charge >= 0.3 is 5.97 Å². The summed E-state index contributed by atoms with van der Waals surface area (Å²) in [7, 11) is 0. The standard InChI is InChI=1S/C20H16Cl2N2O3/c21-11-8-15(22)18-14(10-17(20(26)27)23-16(18)9-11)13-6-7-24(19(13)25)12-4-2-1-3-5-12/h1-5,8-9,17,23H,6-7,10H2,(H,26,27). The summed E-state index contributed by atoms with van der Waals surface area (Å²) in [5.74, 6) is -1.10. The number of carbonyl (C=O) groups is 2. The van der Waals surface area contributed by atoms with Crippen LogP contribution in [0.5, 0.6) is 0 Å². The Morgan fingerprint density at radius 3 is 2.59 bits per heavy atom. The number of carbonyl (C=O) groups excluding carboxylic acids is 1. The van der Waals surface area contributed by atoms with Crippen LogP contribution in [-0.4, -0.2) is 29.6 Å². The van der Waals surface area contributed by atoms with Crippen LogP contribution >= 0.6 is 23.2 Å². The topological polar surface area (TPSA) is 69.6 Å². The Kier molecular flexibility index (Phi) is 4.58. The molecule has 7 heteroatoms. The fourth-order valence-corrected chi connectivity index (χ4v) is 4.30. The van der Waals surface area contributed by atoms with Gasteiger partial charge in [0, 0.05) is 40.5 Å². The molecule has 0 spiro atoms. The minimum atomic E-state index is -0.986. The number of hydrogen-bond donors (Lipinski definition) is 2. The Morgan fingerprint density at radius 2 is 1.89 bits per heavy atom. The van der Waals surface area contributed by atoms with E-state index in [9.17, 15) is 14.7 Å². The van der Waals surface area contributed by atoms with Crippen LogP contribution in [0.2, 0.25) is 10.0 Å². The fourth-order valence-electron chi connectivity index (χ4n) is 3.69. The van der Waals surface area contributed by atoms with Crippen LogP contribution in [0.4, 0.5) is 11.4 Å². The third-order valence-corrected chi connectivity index (χ3v) is 5.43. The molecule has 2 heterocycles. The van der Waals surface area contributed by atoms with Gasteiger partial charge in [-0.05, 0) is 36.3 Å². The summed E-state index contributed by atoms with van der Waals surface area (Å²) in [5, 5.41) is 13.3. The molecule has 1 atom stereocenters. The monoisotopic (exact) mass is 402 g/mol. The second-order valence-electron chi connectivity index (χ2n) is 6.55. The molecule has 1 amide bonds. The lowest BCUT2D eigenvalue weighted by Gasteiger charge is -2.28. The molecule has 1 saturated heterocycles. The van der Waals surface area contributed by atoms with Gasteiger partial charge in [-0.3, -0.25) is 4.79 Å². The molecule has 4 rings (SSSR count).